The van der Waals surface area contributed by atoms with Crippen molar-refractivity contribution < 1.29 is 19.5 Å². The normalized spacial score (nSPS) is 11.7. The molecule has 0 aliphatic carbocycles. The lowest BCUT2D eigenvalue weighted by atomic mass is 9.98. The van der Waals surface area contributed by atoms with Crippen LogP contribution in [0.1, 0.15) is 56.7 Å². The first-order valence-electron chi connectivity index (χ1n) is 13.5. The van der Waals surface area contributed by atoms with Crippen molar-refractivity contribution in [3.05, 3.63) is 65.7 Å². The summed E-state index contributed by atoms with van der Waals surface area (Å²) in [6.45, 7) is 3.98. The van der Waals surface area contributed by atoms with Crippen molar-refractivity contribution in [3.63, 3.8) is 0 Å². The van der Waals surface area contributed by atoms with Crippen LogP contribution < -0.4 is 10.6 Å². The van der Waals surface area contributed by atoms with E-state index in [0.717, 1.165) is 47.3 Å². The highest BCUT2D eigenvalue weighted by atomic mass is 16.4. The largest absolute Gasteiger partial charge is 0.480 e. The van der Waals surface area contributed by atoms with Crippen LogP contribution in [-0.2, 0) is 33.9 Å². The summed E-state index contributed by atoms with van der Waals surface area (Å²) in [7, 11) is 0. The lowest BCUT2D eigenvalue weighted by molar-refractivity contribution is -0.141. The first-order valence-corrected chi connectivity index (χ1v) is 13.5. The summed E-state index contributed by atoms with van der Waals surface area (Å²) < 4.78 is 1.86. The fourth-order valence-corrected chi connectivity index (χ4v) is 4.36. The van der Waals surface area contributed by atoms with Gasteiger partial charge in [-0.3, -0.25) is 9.59 Å². The van der Waals surface area contributed by atoms with Gasteiger partial charge in [-0.05, 0) is 34.7 Å². The molecule has 2 aromatic heterocycles. The Bertz CT molecular complexity index is 1470. The van der Waals surface area contributed by atoms with Crippen molar-refractivity contribution >= 4 is 17.8 Å². The van der Waals surface area contributed by atoms with E-state index in [2.05, 4.69) is 48.3 Å². The summed E-state index contributed by atoms with van der Waals surface area (Å²) in [5.74, 6) is -0.147. The van der Waals surface area contributed by atoms with Crippen LogP contribution in [0.15, 0.2) is 48.5 Å². The van der Waals surface area contributed by atoms with Crippen LogP contribution in [0.4, 0.5) is 0 Å². The van der Waals surface area contributed by atoms with Crippen molar-refractivity contribution in [1.29, 1.82) is 0 Å². The van der Waals surface area contributed by atoms with Gasteiger partial charge in [-0.2, -0.15) is 10.3 Å². The van der Waals surface area contributed by atoms with Gasteiger partial charge in [-0.1, -0.05) is 61.9 Å². The van der Waals surface area contributed by atoms with Gasteiger partial charge in [0.25, 0.3) is 0 Å². The number of hydrogen-bond donors (Lipinski definition) is 4. The van der Waals surface area contributed by atoms with Crippen LogP contribution >= 0.6 is 0 Å². The zero-order chi connectivity index (χ0) is 29.2. The average molecular weight is 560 g/mol. The Balaban J connectivity index is 1.41. The third-order valence-corrected chi connectivity index (χ3v) is 6.44. The number of nitrogens with one attached hydrogen (secondary N) is 3. The minimum absolute atomic E-state index is 0.0140. The molecule has 2 aromatic carbocycles. The molecule has 0 radical (unpaired) electrons. The molecule has 1 atom stereocenters. The van der Waals surface area contributed by atoms with Gasteiger partial charge >= 0.3 is 5.97 Å². The first-order chi connectivity index (χ1) is 19.8. The van der Waals surface area contributed by atoms with Crippen molar-refractivity contribution in [2.75, 3.05) is 0 Å². The molecule has 2 amide bonds. The number of carbonyl (C=O) groups is 3. The van der Waals surface area contributed by atoms with Gasteiger partial charge in [0.1, 0.15) is 11.9 Å². The van der Waals surface area contributed by atoms with Gasteiger partial charge in [0.2, 0.25) is 17.6 Å². The molecule has 0 spiro atoms. The van der Waals surface area contributed by atoms with Gasteiger partial charge in [0.15, 0.2) is 5.82 Å². The maximum absolute atomic E-state index is 12.3. The molecule has 0 fully saturated rings. The van der Waals surface area contributed by atoms with E-state index in [1.165, 1.54) is 6.92 Å². The second-order valence-corrected chi connectivity index (χ2v) is 9.59. The third-order valence-electron chi connectivity index (χ3n) is 6.44. The number of amides is 2. The van der Waals surface area contributed by atoms with Crippen LogP contribution in [0.5, 0.6) is 0 Å². The lowest BCUT2D eigenvalue weighted by Crippen LogP contribution is -2.40. The van der Waals surface area contributed by atoms with Crippen molar-refractivity contribution in [2.45, 2.75) is 65.1 Å². The van der Waals surface area contributed by atoms with E-state index >= 15 is 0 Å². The van der Waals surface area contributed by atoms with Gasteiger partial charge in [-0.25, -0.2) is 14.5 Å². The molecule has 0 saturated carbocycles. The molecule has 13 nitrogen and oxygen atoms in total. The number of benzene rings is 2. The predicted molar refractivity (Wildman–Crippen MR) is 149 cm³/mol. The second kappa shape index (κ2) is 13.9. The van der Waals surface area contributed by atoms with E-state index in [9.17, 15) is 19.5 Å². The van der Waals surface area contributed by atoms with Crippen molar-refractivity contribution in [3.8, 4) is 22.5 Å². The highest BCUT2D eigenvalue weighted by molar-refractivity contribution is 5.83. The molecule has 4 N–H and O–H groups in total. The first kappa shape index (κ1) is 29.1. The van der Waals surface area contributed by atoms with Crippen LogP contribution in [0.2, 0.25) is 0 Å². The Morgan fingerprint density at radius 1 is 1.07 bits per heavy atom. The van der Waals surface area contributed by atoms with E-state index in [-0.39, 0.29) is 25.3 Å². The number of nitrogens with zero attached hydrogens (tertiary/aromatic N) is 6. The van der Waals surface area contributed by atoms with Crippen LogP contribution in [0.3, 0.4) is 0 Å². The van der Waals surface area contributed by atoms with E-state index in [1.807, 2.05) is 53.2 Å². The highest BCUT2D eigenvalue weighted by Crippen LogP contribution is 2.29. The molecule has 2 heterocycles. The Morgan fingerprint density at radius 2 is 1.83 bits per heavy atom. The molecule has 1 unspecified atom stereocenters. The summed E-state index contributed by atoms with van der Waals surface area (Å²) >= 11 is 0. The Kier molecular flexibility index (Phi) is 9.86. The van der Waals surface area contributed by atoms with Crippen LogP contribution in [0.25, 0.3) is 22.5 Å². The number of aromatic amines is 1. The number of tetrazole rings is 1. The SMILES string of the molecule is CCCCc1nc(CNC(=O)CCC(NC(C)=O)C(=O)O)nn1Cc1ccc(-c2ccccc2-c2nn[nH]n2)cc1. The number of carboxylic acids is 1. The van der Waals surface area contributed by atoms with Gasteiger partial charge < -0.3 is 15.7 Å². The van der Waals surface area contributed by atoms with Crippen LogP contribution in [0, 0.1) is 0 Å². The number of aliphatic carboxylic acids is 1. The molecular formula is C28H33N9O4. The number of aromatic nitrogens is 7. The molecule has 4 rings (SSSR count). The summed E-state index contributed by atoms with van der Waals surface area (Å²) in [5.41, 5.74) is 3.94. The molecule has 4 aromatic rings. The Morgan fingerprint density at radius 3 is 2.49 bits per heavy atom. The van der Waals surface area contributed by atoms with Gasteiger partial charge in [0, 0.05) is 25.3 Å². The number of rotatable bonds is 14. The predicted octanol–water partition coefficient (Wildman–Crippen LogP) is 2.50. The zero-order valence-electron chi connectivity index (χ0n) is 23.0. The number of carbonyl (C=O) groups excluding carboxylic acids is 2. The van der Waals surface area contributed by atoms with Gasteiger partial charge in [-0.15, -0.1) is 10.2 Å². The standard InChI is InChI=1S/C28H33N9O4/c1-3-4-9-25-31-24(16-29-26(39)15-14-23(28(40)41)30-18(2)38)34-37(25)17-19-10-12-20(13-11-19)21-7-5-6-8-22(21)27-32-35-36-33-27/h5-8,10-13,23H,3-4,9,14-17H2,1-2H3,(H,29,39)(H,30,38)(H,40,41)(H,32,33,35,36). The zero-order valence-corrected chi connectivity index (χ0v) is 23.0. The number of hydrogen-bond acceptors (Lipinski definition) is 8. The molecule has 13 heteroatoms. The molecule has 0 aliphatic heterocycles. The van der Waals surface area contributed by atoms with Crippen LogP contribution in [-0.4, -0.2) is 64.3 Å². The molecule has 0 saturated heterocycles. The van der Waals surface area contributed by atoms with E-state index in [0.29, 0.717) is 18.2 Å². The number of H-pyrrole nitrogens is 1. The van der Waals surface area contributed by atoms with E-state index in [4.69, 9.17) is 0 Å². The second-order valence-electron chi connectivity index (χ2n) is 9.59. The minimum atomic E-state index is -1.18. The van der Waals surface area contributed by atoms with Crippen molar-refractivity contribution in [2.24, 2.45) is 0 Å². The van der Waals surface area contributed by atoms with Crippen molar-refractivity contribution in [1.82, 2.24) is 46.0 Å². The summed E-state index contributed by atoms with van der Waals surface area (Å²) in [6.07, 6.45) is 2.65. The minimum Gasteiger partial charge on any atom is -0.480 e. The molecule has 0 bridgehead atoms. The van der Waals surface area contributed by atoms with Gasteiger partial charge in [0.05, 0.1) is 13.1 Å². The Labute approximate surface area is 236 Å². The summed E-state index contributed by atoms with van der Waals surface area (Å²) in [5, 5.41) is 33.3. The topological polar surface area (TPSA) is 181 Å². The lowest BCUT2D eigenvalue weighted by Gasteiger charge is -2.12. The molecular weight excluding hydrogens is 526 g/mol. The Hall–Kier alpha value is -4.94. The monoisotopic (exact) mass is 559 g/mol. The number of aryl methyl sites for hydroxylation is 1. The fraction of sp³-hybridized carbons (Fsp3) is 0.357. The van der Waals surface area contributed by atoms with E-state index in [1.54, 1.807) is 0 Å². The summed E-state index contributed by atoms with van der Waals surface area (Å²) in [6, 6.07) is 14.9. The summed E-state index contributed by atoms with van der Waals surface area (Å²) in [4.78, 5) is 39.5. The number of carboxylic acid groups (broad SMARTS) is 1. The smallest absolute Gasteiger partial charge is 0.326 e. The maximum Gasteiger partial charge on any atom is 0.326 e. The highest BCUT2D eigenvalue weighted by Gasteiger charge is 2.20. The molecule has 214 valence electrons. The van der Waals surface area contributed by atoms with E-state index < -0.39 is 17.9 Å². The third kappa shape index (κ3) is 8.03. The molecule has 41 heavy (non-hydrogen) atoms. The quantitative estimate of drug-likeness (QED) is 0.180. The molecule has 0 aliphatic rings. The number of unbranched alkanes of at least 4 members (excludes halogenated alkanes) is 1. The maximum atomic E-state index is 12.3. The fourth-order valence-electron chi connectivity index (χ4n) is 4.36. The average Bonchev–Trinajstić information content (AvgIpc) is 3.63.